The second kappa shape index (κ2) is 9.50. The van der Waals surface area contributed by atoms with E-state index in [0.717, 1.165) is 39.6 Å². The van der Waals surface area contributed by atoms with E-state index in [1.165, 1.54) is 0 Å². The van der Waals surface area contributed by atoms with E-state index in [9.17, 15) is 9.90 Å². The predicted octanol–water partition coefficient (Wildman–Crippen LogP) is 3.29. The molecule has 0 radical (unpaired) electrons. The highest BCUT2D eigenvalue weighted by Gasteiger charge is 2.24. The molecule has 3 N–H and O–H groups in total. The van der Waals surface area contributed by atoms with Crippen LogP contribution in [0.15, 0.2) is 67.1 Å². The molecule has 9 heteroatoms. The van der Waals surface area contributed by atoms with Crippen LogP contribution in [0.2, 0.25) is 0 Å². The molecule has 0 bridgehead atoms. The minimum atomic E-state index is -0.539. The summed E-state index contributed by atoms with van der Waals surface area (Å²) in [4.78, 5) is 18.9. The number of aliphatic hydroxyl groups is 1. The number of fused-ring (bicyclic) bond motifs is 5. The molecule has 4 aromatic rings. The second-order valence-corrected chi connectivity index (χ2v) is 9.01. The molecule has 3 heterocycles. The number of aliphatic hydroxyl groups excluding tert-OH is 1. The predicted molar refractivity (Wildman–Crippen MR) is 137 cm³/mol. The summed E-state index contributed by atoms with van der Waals surface area (Å²) in [6, 6.07) is 17.1. The van der Waals surface area contributed by atoms with Crippen molar-refractivity contribution in [1.29, 1.82) is 5.26 Å². The van der Waals surface area contributed by atoms with Crippen molar-refractivity contribution < 1.29 is 9.90 Å². The lowest BCUT2D eigenvalue weighted by Gasteiger charge is -2.26. The zero-order chi connectivity index (χ0) is 24.5. The van der Waals surface area contributed by atoms with Gasteiger partial charge in [0.1, 0.15) is 0 Å². The monoisotopic (exact) mass is 530 g/mol. The average molecular weight is 531 g/mol. The number of hydrogen-bond acceptors (Lipinski definition) is 5. The molecule has 5 rings (SSSR count). The van der Waals surface area contributed by atoms with Crippen LogP contribution in [0.3, 0.4) is 0 Å². The second-order valence-electron chi connectivity index (χ2n) is 8.45. The number of anilines is 1. The van der Waals surface area contributed by atoms with Gasteiger partial charge >= 0.3 is 0 Å². The van der Waals surface area contributed by atoms with Crippen LogP contribution in [0.1, 0.15) is 11.1 Å². The first-order valence-electron chi connectivity index (χ1n) is 11.1. The summed E-state index contributed by atoms with van der Waals surface area (Å²) in [6.07, 6.45) is 5.79. The first kappa shape index (κ1) is 23.1. The van der Waals surface area contributed by atoms with Gasteiger partial charge < -0.3 is 20.3 Å². The largest absolute Gasteiger partial charge is 0.395 e. The SMILES string of the molecule is N#Cc1ccc(-c2cc3n(c2)Cc2cc(N(C[C@@H](N)CO)C(=O)CBr)ccc2-n2ccnc2-3)cc1. The van der Waals surface area contributed by atoms with Gasteiger partial charge in [-0.1, -0.05) is 28.1 Å². The standard InChI is InChI=1S/C26H23BrN6O2/c27-11-25(35)33(15-21(29)16-34)22-5-6-23-20(9-22)14-31-13-19(18-3-1-17(12-28)2-4-18)10-24(31)26-30-7-8-32(23)26/h1-10,13,21,34H,11,14-16,29H2/t21-/m1/s1. The van der Waals surface area contributed by atoms with Crippen LogP contribution in [0.25, 0.3) is 28.3 Å². The molecule has 1 amide bonds. The van der Waals surface area contributed by atoms with Gasteiger partial charge in [-0.15, -0.1) is 0 Å². The Morgan fingerprint density at radius 1 is 1.23 bits per heavy atom. The number of benzene rings is 2. The molecule has 2 aromatic heterocycles. The molecule has 1 aliphatic rings. The van der Waals surface area contributed by atoms with Crippen molar-refractivity contribution in [2.24, 2.45) is 5.73 Å². The van der Waals surface area contributed by atoms with Gasteiger partial charge in [0.15, 0.2) is 5.82 Å². The number of hydrogen-bond donors (Lipinski definition) is 2. The summed E-state index contributed by atoms with van der Waals surface area (Å²) in [7, 11) is 0. The molecule has 8 nitrogen and oxygen atoms in total. The fourth-order valence-corrected chi connectivity index (χ4v) is 4.71. The van der Waals surface area contributed by atoms with E-state index in [4.69, 9.17) is 11.0 Å². The highest BCUT2D eigenvalue weighted by Crippen LogP contribution is 2.35. The third-order valence-corrected chi connectivity index (χ3v) is 6.64. The molecule has 0 aliphatic carbocycles. The van der Waals surface area contributed by atoms with E-state index in [1.807, 2.05) is 48.7 Å². The quantitative estimate of drug-likeness (QED) is 0.327. The van der Waals surface area contributed by atoms with Gasteiger partial charge in [0, 0.05) is 49.0 Å². The summed E-state index contributed by atoms with van der Waals surface area (Å²) >= 11 is 3.25. The number of rotatable bonds is 6. The normalized spacial score (nSPS) is 12.6. The Hall–Kier alpha value is -3.71. The number of imidazole rings is 1. The zero-order valence-electron chi connectivity index (χ0n) is 18.8. The molecule has 0 fully saturated rings. The Morgan fingerprint density at radius 3 is 2.74 bits per heavy atom. The fourth-order valence-electron chi connectivity index (χ4n) is 4.41. The molecule has 0 saturated carbocycles. The van der Waals surface area contributed by atoms with E-state index >= 15 is 0 Å². The van der Waals surface area contributed by atoms with Crippen molar-refractivity contribution in [2.75, 3.05) is 23.4 Å². The molecule has 0 saturated heterocycles. The molecule has 176 valence electrons. The van der Waals surface area contributed by atoms with Crippen molar-refractivity contribution in [3.63, 3.8) is 0 Å². The lowest BCUT2D eigenvalue weighted by molar-refractivity contribution is -0.116. The van der Waals surface area contributed by atoms with Crippen molar-refractivity contribution in [3.05, 3.63) is 78.2 Å². The van der Waals surface area contributed by atoms with Crippen LogP contribution < -0.4 is 10.6 Å². The molecule has 1 aliphatic heterocycles. The smallest absolute Gasteiger partial charge is 0.237 e. The Morgan fingerprint density at radius 2 is 2.03 bits per heavy atom. The maximum Gasteiger partial charge on any atom is 0.237 e. The van der Waals surface area contributed by atoms with E-state index in [-0.39, 0.29) is 24.4 Å². The average Bonchev–Trinajstić information content (AvgIpc) is 3.51. The summed E-state index contributed by atoms with van der Waals surface area (Å²) in [5.74, 6) is 0.697. The number of amides is 1. The summed E-state index contributed by atoms with van der Waals surface area (Å²) in [5.41, 5.74) is 12.3. The molecule has 35 heavy (non-hydrogen) atoms. The lowest BCUT2D eigenvalue weighted by Crippen LogP contribution is -2.43. The van der Waals surface area contributed by atoms with Gasteiger partial charge in [-0.2, -0.15) is 5.26 Å². The lowest BCUT2D eigenvalue weighted by atomic mass is 10.1. The van der Waals surface area contributed by atoms with Crippen LogP contribution in [-0.2, 0) is 11.3 Å². The Labute approximate surface area is 211 Å². The number of carbonyl (C=O) groups is 1. The maximum absolute atomic E-state index is 12.7. The van der Waals surface area contributed by atoms with Gasteiger partial charge in [-0.05, 0) is 47.5 Å². The Bertz CT molecular complexity index is 1430. The van der Waals surface area contributed by atoms with E-state index in [1.54, 1.807) is 11.1 Å². The number of alkyl halides is 1. The van der Waals surface area contributed by atoms with Gasteiger partial charge in [-0.3, -0.25) is 9.36 Å². The summed E-state index contributed by atoms with van der Waals surface area (Å²) in [5, 5.41) is 18.7. The first-order valence-corrected chi connectivity index (χ1v) is 12.2. The number of halogens is 1. The minimum absolute atomic E-state index is 0.129. The molecular weight excluding hydrogens is 508 g/mol. The molecule has 0 spiro atoms. The van der Waals surface area contributed by atoms with E-state index in [0.29, 0.717) is 12.1 Å². The number of nitriles is 1. The van der Waals surface area contributed by atoms with Crippen LogP contribution >= 0.6 is 15.9 Å². The van der Waals surface area contributed by atoms with E-state index < -0.39 is 6.04 Å². The van der Waals surface area contributed by atoms with Gasteiger partial charge in [0.05, 0.1) is 35.0 Å². The number of aromatic nitrogens is 3. The highest BCUT2D eigenvalue weighted by molar-refractivity contribution is 9.09. The number of nitrogens with zero attached hydrogens (tertiary/aromatic N) is 5. The summed E-state index contributed by atoms with van der Waals surface area (Å²) < 4.78 is 4.20. The van der Waals surface area contributed by atoms with Gasteiger partial charge in [-0.25, -0.2) is 4.98 Å². The molecule has 2 aromatic carbocycles. The maximum atomic E-state index is 12.7. The number of carbonyl (C=O) groups excluding carboxylic acids is 1. The zero-order valence-corrected chi connectivity index (χ0v) is 20.4. The van der Waals surface area contributed by atoms with Crippen LogP contribution in [0.5, 0.6) is 0 Å². The molecular formula is C26H23BrN6O2. The van der Waals surface area contributed by atoms with Crippen LogP contribution in [0, 0.1) is 11.3 Å². The first-order chi connectivity index (χ1) is 17.0. The highest BCUT2D eigenvalue weighted by atomic mass is 79.9. The van der Waals surface area contributed by atoms with Crippen molar-refractivity contribution in [3.8, 4) is 34.4 Å². The summed E-state index contributed by atoms with van der Waals surface area (Å²) in [6.45, 7) is 0.592. The molecule has 1 atom stereocenters. The van der Waals surface area contributed by atoms with Gasteiger partial charge in [0.25, 0.3) is 0 Å². The van der Waals surface area contributed by atoms with Crippen molar-refractivity contribution in [1.82, 2.24) is 14.1 Å². The van der Waals surface area contributed by atoms with Gasteiger partial charge in [0.2, 0.25) is 5.91 Å². The topological polar surface area (TPSA) is 113 Å². The fraction of sp³-hybridized carbons (Fsp3) is 0.192. The third kappa shape index (κ3) is 4.28. The van der Waals surface area contributed by atoms with Crippen LogP contribution in [0.4, 0.5) is 5.69 Å². The minimum Gasteiger partial charge on any atom is -0.395 e. The van der Waals surface area contributed by atoms with Crippen molar-refractivity contribution in [2.45, 2.75) is 12.6 Å². The molecule has 0 unspecified atom stereocenters. The Balaban J connectivity index is 1.58. The van der Waals surface area contributed by atoms with E-state index in [2.05, 4.69) is 48.4 Å². The van der Waals surface area contributed by atoms with Crippen molar-refractivity contribution >= 4 is 27.5 Å². The number of nitrogens with two attached hydrogens (primary N) is 1. The Kier molecular flexibility index (Phi) is 6.26. The van der Waals surface area contributed by atoms with Crippen LogP contribution in [-0.4, -0.2) is 49.7 Å². The third-order valence-electron chi connectivity index (χ3n) is 6.16.